The van der Waals surface area contributed by atoms with E-state index in [1.165, 1.54) is 18.5 Å². The number of halogens is 1. The van der Waals surface area contributed by atoms with Gasteiger partial charge in [0.2, 0.25) is 5.88 Å². The fourth-order valence-electron chi connectivity index (χ4n) is 2.12. The average Bonchev–Trinajstić information content (AvgIpc) is 2.47. The van der Waals surface area contributed by atoms with Crippen LogP contribution in [0.25, 0.3) is 0 Å². The Morgan fingerprint density at radius 1 is 1.30 bits per heavy atom. The van der Waals surface area contributed by atoms with Crippen molar-refractivity contribution in [1.82, 2.24) is 15.3 Å². The Kier molecular flexibility index (Phi) is 4.63. The molecule has 1 aromatic carbocycles. The molecule has 1 atom stereocenters. The first-order chi connectivity index (χ1) is 9.65. The summed E-state index contributed by atoms with van der Waals surface area (Å²) in [6.07, 6.45) is 1.45. The molecule has 1 heterocycles. The number of rotatable bonds is 5. The van der Waals surface area contributed by atoms with E-state index in [9.17, 15) is 4.39 Å². The smallest absolute Gasteiger partial charge is 0.216 e. The summed E-state index contributed by atoms with van der Waals surface area (Å²) in [6.45, 7) is 4.70. The van der Waals surface area contributed by atoms with E-state index in [2.05, 4.69) is 15.3 Å². The molecule has 1 aromatic heterocycles. The quantitative estimate of drug-likeness (QED) is 0.911. The van der Waals surface area contributed by atoms with Gasteiger partial charge in [0.05, 0.1) is 18.8 Å². The van der Waals surface area contributed by atoms with Crippen LogP contribution in [0.15, 0.2) is 30.6 Å². The van der Waals surface area contributed by atoms with Crippen molar-refractivity contribution in [3.63, 3.8) is 0 Å². The summed E-state index contributed by atoms with van der Waals surface area (Å²) in [7, 11) is 1.56. The van der Waals surface area contributed by atoms with Gasteiger partial charge in [0.25, 0.3) is 0 Å². The molecule has 0 amide bonds. The van der Waals surface area contributed by atoms with E-state index in [4.69, 9.17) is 4.74 Å². The SMILES string of the molecule is CCNC(c1cc(OC)ncn1)c1cc(F)ccc1C. The summed E-state index contributed by atoms with van der Waals surface area (Å²) in [5.41, 5.74) is 2.63. The lowest BCUT2D eigenvalue weighted by Gasteiger charge is -2.20. The lowest BCUT2D eigenvalue weighted by molar-refractivity contribution is 0.395. The zero-order chi connectivity index (χ0) is 14.5. The first-order valence-corrected chi connectivity index (χ1v) is 6.51. The third-order valence-corrected chi connectivity index (χ3v) is 3.13. The standard InChI is InChI=1S/C15H18FN3O/c1-4-17-15(12-7-11(16)6-5-10(12)2)13-8-14(20-3)19-9-18-13/h5-9,15,17H,4H2,1-3H3. The van der Waals surface area contributed by atoms with E-state index in [1.807, 2.05) is 13.8 Å². The molecule has 1 unspecified atom stereocenters. The van der Waals surface area contributed by atoms with Crippen molar-refractivity contribution in [2.24, 2.45) is 0 Å². The Morgan fingerprint density at radius 2 is 2.10 bits per heavy atom. The van der Waals surface area contributed by atoms with Gasteiger partial charge in [-0.15, -0.1) is 0 Å². The van der Waals surface area contributed by atoms with Gasteiger partial charge in [-0.3, -0.25) is 0 Å². The maximum absolute atomic E-state index is 13.5. The normalized spacial score (nSPS) is 12.2. The second kappa shape index (κ2) is 6.43. The number of ether oxygens (including phenoxy) is 1. The molecule has 0 aliphatic rings. The Labute approximate surface area is 118 Å². The molecule has 106 valence electrons. The molecule has 0 spiro atoms. The van der Waals surface area contributed by atoms with Crippen molar-refractivity contribution in [3.8, 4) is 5.88 Å². The molecule has 0 aliphatic heterocycles. The molecule has 1 N–H and O–H groups in total. The van der Waals surface area contributed by atoms with Gasteiger partial charge in [-0.2, -0.15) is 0 Å². The summed E-state index contributed by atoms with van der Waals surface area (Å²) in [4.78, 5) is 8.28. The van der Waals surface area contributed by atoms with Crippen LogP contribution in [0, 0.1) is 12.7 Å². The van der Waals surface area contributed by atoms with Gasteiger partial charge in [-0.05, 0) is 36.7 Å². The fraction of sp³-hybridized carbons (Fsp3) is 0.333. The van der Waals surface area contributed by atoms with Crippen LogP contribution in [-0.4, -0.2) is 23.6 Å². The van der Waals surface area contributed by atoms with Crippen LogP contribution in [0.2, 0.25) is 0 Å². The minimum absolute atomic E-state index is 0.187. The first-order valence-electron chi connectivity index (χ1n) is 6.51. The molecule has 2 aromatic rings. The highest BCUT2D eigenvalue weighted by Gasteiger charge is 2.18. The van der Waals surface area contributed by atoms with Crippen LogP contribution in [0.4, 0.5) is 4.39 Å². The largest absolute Gasteiger partial charge is 0.481 e. The third kappa shape index (κ3) is 3.11. The maximum atomic E-state index is 13.5. The number of hydrogen-bond donors (Lipinski definition) is 1. The van der Waals surface area contributed by atoms with Gasteiger partial charge in [0.15, 0.2) is 0 Å². The van der Waals surface area contributed by atoms with Crippen molar-refractivity contribution >= 4 is 0 Å². The zero-order valence-electron chi connectivity index (χ0n) is 11.9. The minimum Gasteiger partial charge on any atom is -0.481 e. The summed E-state index contributed by atoms with van der Waals surface area (Å²) in [6, 6.07) is 6.35. The third-order valence-electron chi connectivity index (χ3n) is 3.13. The van der Waals surface area contributed by atoms with Crippen molar-refractivity contribution in [1.29, 1.82) is 0 Å². The first kappa shape index (κ1) is 14.4. The number of benzene rings is 1. The van der Waals surface area contributed by atoms with Crippen LogP contribution in [0.1, 0.15) is 29.8 Å². The number of nitrogens with one attached hydrogen (secondary N) is 1. The van der Waals surface area contributed by atoms with Crippen molar-refractivity contribution < 1.29 is 9.13 Å². The van der Waals surface area contributed by atoms with E-state index in [0.717, 1.165) is 23.4 Å². The summed E-state index contributed by atoms with van der Waals surface area (Å²) >= 11 is 0. The Bertz CT molecular complexity index is 589. The van der Waals surface area contributed by atoms with Crippen LogP contribution >= 0.6 is 0 Å². The molecular formula is C15H18FN3O. The highest BCUT2D eigenvalue weighted by Crippen LogP contribution is 2.25. The number of methoxy groups -OCH3 is 1. The van der Waals surface area contributed by atoms with Gasteiger partial charge in [-0.25, -0.2) is 14.4 Å². The molecule has 0 bridgehead atoms. The molecule has 0 radical (unpaired) electrons. The summed E-state index contributed by atoms with van der Waals surface area (Å²) < 4.78 is 18.6. The fourth-order valence-corrected chi connectivity index (χ4v) is 2.12. The van der Waals surface area contributed by atoms with E-state index in [1.54, 1.807) is 19.2 Å². The van der Waals surface area contributed by atoms with Gasteiger partial charge in [0, 0.05) is 6.07 Å². The Morgan fingerprint density at radius 3 is 2.80 bits per heavy atom. The van der Waals surface area contributed by atoms with Crippen molar-refractivity contribution in [2.75, 3.05) is 13.7 Å². The number of nitrogens with zero attached hydrogens (tertiary/aromatic N) is 2. The lowest BCUT2D eigenvalue weighted by Crippen LogP contribution is -2.24. The lowest BCUT2D eigenvalue weighted by atomic mass is 9.98. The Hall–Kier alpha value is -2.01. The minimum atomic E-state index is -0.255. The van der Waals surface area contributed by atoms with Crippen molar-refractivity contribution in [3.05, 3.63) is 53.2 Å². The molecule has 5 heteroatoms. The monoisotopic (exact) mass is 275 g/mol. The van der Waals surface area contributed by atoms with Crippen LogP contribution in [0.3, 0.4) is 0 Å². The molecule has 0 saturated carbocycles. The molecule has 0 saturated heterocycles. The average molecular weight is 275 g/mol. The number of hydrogen-bond acceptors (Lipinski definition) is 4. The number of aryl methyl sites for hydroxylation is 1. The van der Waals surface area contributed by atoms with Crippen molar-refractivity contribution in [2.45, 2.75) is 19.9 Å². The van der Waals surface area contributed by atoms with E-state index in [0.29, 0.717) is 5.88 Å². The summed E-state index contributed by atoms with van der Waals surface area (Å²) in [5.74, 6) is 0.237. The number of aromatic nitrogens is 2. The van der Waals surface area contributed by atoms with Crippen LogP contribution in [-0.2, 0) is 0 Å². The molecule has 4 nitrogen and oxygen atoms in total. The van der Waals surface area contributed by atoms with Gasteiger partial charge < -0.3 is 10.1 Å². The van der Waals surface area contributed by atoms with Gasteiger partial charge >= 0.3 is 0 Å². The van der Waals surface area contributed by atoms with Crippen LogP contribution < -0.4 is 10.1 Å². The molecular weight excluding hydrogens is 257 g/mol. The predicted octanol–water partition coefficient (Wildman–Crippen LogP) is 2.63. The van der Waals surface area contributed by atoms with E-state index in [-0.39, 0.29) is 11.9 Å². The topological polar surface area (TPSA) is 47.0 Å². The highest BCUT2D eigenvalue weighted by molar-refractivity contribution is 5.35. The predicted molar refractivity (Wildman–Crippen MR) is 75.2 cm³/mol. The Balaban J connectivity index is 2.46. The molecule has 0 fully saturated rings. The van der Waals surface area contributed by atoms with Gasteiger partial charge in [-0.1, -0.05) is 13.0 Å². The summed E-state index contributed by atoms with van der Waals surface area (Å²) in [5, 5.41) is 3.32. The maximum Gasteiger partial charge on any atom is 0.216 e. The van der Waals surface area contributed by atoms with Crippen LogP contribution in [0.5, 0.6) is 5.88 Å². The second-order valence-electron chi connectivity index (χ2n) is 4.48. The molecule has 20 heavy (non-hydrogen) atoms. The zero-order valence-corrected chi connectivity index (χ0v) is 11.9. The van der Waals surface area contributed by atoms with E-state index >= 15 is 0 Å². The van der Waals surface area contributed by atoms with Gasteiger partial charge in [0.1, 0.15) is 12.1 Å². The molecule has 0 aliphatic carbocycles. The second-order valence-corrected chi connectivity index (χ2v) is 4.48. The molecule has 2 rings (SSSR count). The van der Waals surface area contributed by atoms with E-state index < -0.39 is 0 Å². The highest BCUT2D eigenvalue weighted by atomic mass is 19.1.